The first kappa shape index (κ1) is 13.0. The first-order chi connectivity index (χ1) is 10.7. The van der Waals surface area contributed by atoms with Gasteiger partial charge >= 0.3 is 0 Å². The van der Waals surface area contributed by atoms with Gasteiger partial charge in [0.2, 0.25) is 0 Å². The Morgan fingerprint density at radius 3 is 2.95 bits per heavy atom. The van der Waals surface area contributed by atoms with Gasteiger partial charge in [0.15, 0.2) is 5.65 Å². The average molecular weight is 352 g/mol. The molecular formula is C16H10BrN5. The second-order valence-electron chi connectivity index (χ2n) is 5.12. The Bertz CT molecular complexity index is 1070. The van der Waals surface area contributed by atoms with Crippen LogP contribution in [0.3, 0.4) is 0 Å². The van der Waals surface area contributed by atoms with Crippen molar-refractivity contribution in [1.29, 1.82) is 5.26 Å². The molecule has 0 spiro atoms. The number of hydrogen-bond donors (Lipinski definition) is 0. The van der Waals surface area contributed by atoms with Crippen LogP contribution in [0.2, 0.25) is 0 Å². The van der Waals surface area contributed by atoms with E-state index in [0.29, 0.717) is 5.56 Å². The lowest BCUT2D eigenvalue weighted by Crippen LogP contribution is -1.94. The van der Waals surface area contributed by atoms with E-state index in [0.717, 1.165) is 32.3 Å². The van der Waals surface area contributed by atoms with Crippen molar-refractivity contribution in [2.45, 2.75) is 6.92 Å². The zero-order valence-electron chi connectivity index (χ0n) is 11.7. The van der Waals surface area contributed by atoms with E-state index in [1.807, 2.05) is 48.0 Å². The summed E-state index contributed by atoms with van der Waals surface area (Å²) in [4.78, 5) is 0. The van der Waals surface area contributed by atoms with Gasteiger partial charge in [-0.3, -0.25) is 4.40 Å². The number of rotatable bonds is 1. The van der Waals surface area contributed by atoms with Gasteiger partial charge in [0.1, 0.15) is 6.33 Å². The predicted molar refractivity (Wildman–Crippen MR) is 87.0 cm³/mol. The fraction of sp³-hybridized carbons (Fsp3) is 0.0625. The molecule has 0 saturated carbocycles. The molecule has 0 aliphatic carbocycles. The summed E-state index contributed by atoms with van der Waals surface area (Å²) in [6.45, 7) is 1.95. The van der Waals surface area contributed by atoms with E-state index < -0.39 is 0 Å². The Labute approximate surface area is 134 Å². The van der Waals surface area contributed by atoms with Gasteiger partial charge in [-0.1, -0.05) is 0 Å². The first-order valence-electron chi connectivity index (χ1n) is 6.68. The quantitative estimate of drug-likeness (QED) is 0.526. The molecule has 0 atom stereocenters. The number of pyridine rings is 1. The monoisotopic (exact) mass is 351 g/mol. The lowest BCUT2D eigenvalue weighted by molar-refractivity contribution is 1.09. The number of hydrogen-bond acceptors (Lipinski definition) is 3. The number of nitriles is 1. The van der Waals surface area contributed by atoms with Gasteiger partial charge in [0.25, 0.3) is 0 Å². The van der Waals surface area contributed by atoms with Crippen LogP contribution in [0.4, 0.5) is 0 Å². The molecule has 0 radical (unpaired) electrons. The molecule has 1 aromatic carbocycles. The molecule has 0 saturated heterocycles. The lowest BCUT2D eigenvalue weighted by atomic mass is 10.1. The van der Waals surface area contributed by atoms with E-state index in [1.165, 1.54) is 0 Å². The molecule has 0 unspecified atom stereocenters. The molecule has 0 fully saturated rings. The molecule has 4 rings (SSSR count). The van der Waals surface area contributed by atoms with Gasteiger partial charge in [0.05, 0.1) is 22.8 Å². The van der Waals surface area contributed by atoms with Crippen LogP contribution in [0, 0.1) is 18.3 Å². The van der Waals surface area contributed by atoms with Crippen molar-refractivity contribution in [3.63, 3.8) is 0 Å². The second kappa shape index (κ2) is 4.68. The van der Waals surface area contributed by atoms with Crippen molar-refractivity contribution in [2.75, 3.05) is 0 Å². The van der Waals surface area contributed by atoms with E-state index in [2.05, 4.69) is 36.8 Å². The number of aromatic nitrogens is 4. The van der Waals surface area contributed by atoms with Gasteiger partial charge in [-0.2, -0.15) is 5.26 Å². The normalized spacial score (nSPS) is 11.1. The number of fused-ring (bicyclic) bond motifs is 2. The van der Waals surface area contributed by atoms with Crippen LogP contribution in [0.15, 0.2) is 47.5 Å². The molecule has 0 N–H and O–H groups in total. The van der Waals surface area contributed by atoms with Crippen LogP contribution in [-0.2, 0) is 0 Å². The third-order valence-corrected chi connectivity index (χ3v) is 4.42. The Morgan fingerprint density at radius 2 is 2.14 bits per heavy atom. The Hall–Kier alpha value is -2.65. The van der Waals surface area contributed by atoms with Crippen molar-refractivity contribution < 1.29 is 0 Å². The summed E-state index contributed by atoms with van der Waals surface area (Å²) in [5.41, 5.74) is 4.50. The predicted octanol–water partition coefficient (Wildman–Crippen LogP) is 3.62. The molecule has 3 heterocycles. The maximum absolute atomic E-state index is 9.20. The van der Waals surface area contributed by atoms with Gasteiger partial charge in [-0.15, -0.1) is 10.2 Å². The number of halogens is 1. The third kappa shape index (κ3) is 1.83. The van der Waals surface area contributed by atoms with Crippen LogP contribution in [-0.4, -0.2) is 19.2 Å². The van der Waals surface area contributed by atoms with Crippen molar-refractivity contribution in [1.82, 2.24) is 19.2 Å². The summed E-state index contributed by atoms with van der Waals surface area (Å²) in [5, 5.41) is 18.2. The number of benzene rings is 1. The van der Waals surface area contributed by atoms with E-state index in [-0.39, 0.29) is 0 Å². The molecule has 106 valence electrons. The van der Waals surface area contributed by atoms with Crippen molar-refractivity contribution in [3.8, 4) is 11.8 Å². The topological polar surface area (TPSA) is 58.9 Å². The Kier molecular flexibility index (Phi) is 2.78. The summed E-state index contributed by atoms with van der Waals surface area (Å²) in [7, 11) is 0. The molecule has 5 nitrogen and oxygen atoms in total. The summed E-state index contributed by atoms with van der Waals surface area (Å²) in [6, 6.07) is 10.2. The number of nitrogens with zero attached hydrogens (tertiary/aromatic N) is 5. The minimum atomic E-state index is 0.693. The molecule has 0 amide bonds. The van der Waals surface area contributed by atoms with Crippen LogP contribution in [0.1, 0.15) is 11.1 Å². The maximum Gasteiger partial charge on any atom is 0.162 e. The van der Waals surface area contributed by atoms with Crippen LogP contribution in [0.5, 0.6) is 0 Å². The average Bonchev–Trinajstić information content (AvgIpc) is 3.10. The number of aryl methyl sites for hydroxylation is 1. The van der Waals surface area contributed by atoms with E-state index >= 15 is 0 Å². The standard InChI is InChI=1S/C16H10BrN5/c1-10-4-15-13(5-11(10)7-18)14(17)8-22(15)12-2-3-21-9-19-20-16(21)6-12/h2-6,8-9H,1H3. The summed E-state index contributed by atoms with van der Waals surface area (Å²) in [5.74, 6) is 0. The zero-order chi connectivity index (χ0) is 15.3. The summed E-state index contributed by atoms with van der Waals surface area (Å²) < 4.78 is 4.91. The van der Waals surface area contributed by atoms with Gasteiger partial charge in [-0.05, 0) is 46.6 Å². The molecular weight excluding hydrogens is 342 g/mol. The molecule has 0 aliphatic heterocycles. The lowest BCUT2D eigenvalue weighted by Gasteiger charge is -2.07. The van der Waals surface area contributed by atoms with Crippen molar-refractivity contribution >= 4 is 32.5 Å². The SMILES string of the molecule is Cc1cc2c(cc1C#N)c(Br)cn2-c1ccn2cnnc2c1. The van der Waals surface area contributed by atoms with Gasteiger partial charge in [-0.25, -0.2) is 0 Å². The highest BCUT2D eigenvalue weighted by Crippen LogP contribution is 2.31. The minimum Gasteiger partial charge on any atom is -0.315 e. The van der Waals surface area contributed by atoms with Crippen molar-refractivity contribution in [2.24, 2.45) is 0 Å². The van der Waals surface area contributed by atoms with Crippen LogP contribution in [0.25, 0.3) is 22.2 Å². The highest BCUT2D eigenvalue weighted by atomic mass is 79.9. The third-order valence-electron chi connectivity index (χ3n) is 3.78. The fourth-order valence-corrected chi connectivity index (χ4v) is 3.15. The molecule has 3 aromatic heterocycles. The molecule has 4 aromatic rings. The molecule has 6 heteroatoms. The van der Waals surface area contributed by atoms with E-state index in [9.17, 15) is 5.26 Å². The highest BCUT2D eigenvalue weighted by Gasteiger charge is 2.11. The molecule has 0 bridgehead atoms. The summed E-state index contributed by atoms with van der Waals surface area (Å²) in [6.07, 6.45) is 5.61. The van der Waals surface area contributed by atoms with E-state index in [1.54, 1.807) is 6.33 Å². The summed E-state index contributed by atoms with van der Waals surface area (Å²) >= 11 is 3.58. The van der Waals surface area contributed by atoms with Gasteiger partial charge in [0, 0.05) is 28.3 Å². The van der Waals surface area contributed by atoms with Crippen LogP contribution >= 0.6 is 15.9 Å². The largest absolute Gasteiger partial charge is 0.315 e. The molecule has 0 aliphatic rings. The van der Waals surface area contributed by atoms with Crippen LogP contribution < -0.4 is 0 Å². The zero-order valence-corrected chi connectivity index (χ0v) is 13.2. The first-order valence-corrected chi connectivity index (χ1v) is 7.48. The van der Waals surface area contributed by atoms with Crippen molar-refractivity contribution in [3.05, 3.63) is 58.6 Å². The Balaban J connectivity index is 2.02. The fourth-order valence-electron chi connectivity index (χ4n) is 2.63. The smallest absolute Gasteiger partial charge is 0.162 e. The van der Waals surface area contributed by atoms with E-state index in [4.69, 9.17) is 0 Å². The Morgan fingerprint density at radius 1 is 1.27 bits per heavy atom. The molecule has 22 heavy (non-hydrogen) atoms. The highest BCUT2D eigenvalue weighted by molar-refractivity contribution is 9.10. The minimum absolute atomic E-state index is 0.693. The second-order valence-corrected chi connectivity index (χ2v) is 5.98. The van der Waals surface area contributed by atoms with Gasteiger partial charge < -0.3 is 4.57 Å². The maximum atomic E-state index is 9.20.